The van der Waals surface area contributed by atoms with Crippen LogP contribution in [0.5, 0.6) is 0 Å². The van der Waals surface area contributed by atoms with Crippen LogP contribution in [0, 0.1) is 0 Å². The van der Waals surface area contributed by atoms with Gasteiger partial charge in [-0.05, 0) is 67.6 Å². The molecule has 0 amide bonds. The smallest absolute Gasteiger partial charge is 0.00411 e. The molecule has 0 bridgehead atoms. The summed E-state index contributed by atoms with van der Waals surface area (Å²) in [5.41, 5.74) is 5.01. The zero-order valence-corrected chi connectivity index (χ0v) is 14.3. The molecule has 1 unspecified atom stereocenters. The lowest BCUT2D eigenvalue weighted by Crippen LogP contribution is -2.22. The van der Waals surface area contributed by atoms with E-state index in [4.69, 9.17) is 0 Å². The van der Waals surface area contributed by atoms with Crippen LogP contribution in [0.2, 0.25) is 0 Å². The van der Waals surface area contributed by atoms with Gasteiger partial charge in [-0.2, -0.15) is 0 Å². The summed E-state index contributed by atoms with van der Waals surface area (Å²) >= 11 is 0. The second-order valence-corrected chi connectivity index (χ2v) is 6.51. The molecule has 0 spiro atoms. The molecular formula is C22H30. The fraction of sp³-hybridized carbons (Fsp3) is 0.455. The second kappa shape index (κ2) is 8.17. The number of aryl methyl sites for hydroxylation is 1. The van der Waals surface area contributed by atoms with E-state index in [0.717, 1.165) is 6.42 Å². The summed E-state index contributed by atoms with van der Waals surface area (Å²) in [6.45, 7) is 8.33. The Morgan fingerprint density at radius 1 is 1.27 bits per heavy atom. The largest absolute Gasteiger partial charge is 0.0988 e. The summed E-state index contributed by atoms with van der Waals surface area (Å²) in [6.07, 6.45) is 17.3. The van der Waals surface area contributed by atoms with Crippen molar-refractivity contribution in [2.45, 2.75) is 64.2 Å². The first-order valence-electron chi connectivity index (χ1n) is 8.78. The van der Waals surface area contributed by atoms with Crippen LogP contribution in [0.4, 0.5) is 0 Å². The molecule has 22 heavy (non-hydrogen) atoms. The van der Waals surface area contributed by atoms with E-state index in [1.165, 1.54) is 44.1 Å². The predicted octanol–water partition coefficient (Wildman–Crippen LogP) is 6.53. The van der Waals surface area contributed by atoms with Gasteiger partial charge >= 0.3 is 0 Å². The molecule has 118 valence electrons. The van der Waals surface area contributed by atoms with Gasteiger partial charge < -0.3 is 0 Å². The van der Waals surface area contributed by atoms with Gasteiger partial charge in [0.1, 0.15) is 0 Å². The highest BCUT2D eigenvalue weighted by Gasteiger charge is 2.36. The Hall–Kier alpha value is -1.56. The lowest BCUT2D eigenvalue weighted by molar-refractivity contribution is 0.349. The molecule has 0 heterocycles. The van der Waals surface area contributed by atoms with Crippen molar-refractivity contribution in [3.8, 4) is 0 Å². The lowest BCUT2D eigenvalue weighted by Gasteiger charge is -2.30. The van der Waals surface area contributed by atoms with Gasteiger partial charge in [-0.15, -0.1) is 0 Å². The Labute approximate surface area is 136 Å². The quantitative estimate of drug-likeness (QED) is 0.478. The molecule has 1 aliphatic rings. The molecule has 0 saturated carbocycles. The van der Waals surface area contributed by atoms with Gasteiger partial charge in [0.25, 0.3) is 0 Å². The fourth-order valence-corrected chi connectivity index (χ4v) is 3.99. The molecule has 0 radical (unpaired) electrons. The summed E-state index contributed by atoms with van der Waals surface area (Å²) < 4.78 is 0. The van der Waals surface area contributed by atoms with Gasteiger partial charge in [0.2, 0.25) is 0 Å². The van der Waals surface area contributed by atoms with E-state index in [1.54, 1.807) is 11.1 Å². The number of fused-ring (bicyclic) bond motifs is 1. The summed E-state index contributed by atoms with van der Waals surface area (Å²) in [6, 6.07) is 9.11. The molecule has 0 heteroatoms. The van der Waals surface area contributed by atoms with Crippen molar-refractivity contribution in [2.75, 3.05) is 0 Å². The molecule has 0 aromatic heterocycles. The van der Waals surface area contributed by atoms with Crippen LogP contribution in [-0.4, -0.2) is 0 Å². The van der Waals surface area contributed by atoms with E-state index in [0.29, 0.717) is 5.41 Å². The van der Waals surface area contributed by atoms with E-state index in [-0.39, 0.29) is 0 Å². The SMILES string of the molecule is C=C/C(=C\C=C/C)CCCC1(CCC)CCc2ccccc21. The molecule has 1 aromatic rings. The summed E-state index contributed by atoms with van der Waals surface area (Å²) in [5.74, 6) is 0. The number of rotatable bonds is 8. The average molecular weight is 294 g/mol. The van der Waals surface area contributed by atoms with Gasteiger partial charge in [-0.25, -0.2) is 0 Å². The lowest BCUT2D eigenvalue weighted by atomic mass is 9.74. The summed E-state index contributed by atoms with van der Waals surface area (Å²) in [5, 5.41) is 0. The third kappa shape index (κ3) is 3.80. The molecule has 1 atom stereocenters. The minimum atomic E-state index is 0.429. The third-order valence-electron chi connectivity index (χ3n) is 5.08. The molecule has 1 aliphatic carbocycles. The molecule has 0 nitrogen and oxygen atoms in total. The Balaban J connectivity index is 2.06. The van der Waals surface area contributed by atoms with Crippen LogP contribution in [0.15, 0.2) is 60.7 Å². The maximum Gasteiger partial charge on any atom is -0.00411 e. The monoisotopic (exact) mass is 294 g/mol. The first kappa shape index (κ1) is 16.8. The minimum absolute atomic E-state index is 0.429. The standard InChI is InChI=1S/C22H30/c1-4-7-11-19(6-3)12-10-17-22(16-5-2)18-15-20-13-8-9-14-21(20)22/h4,6-9,11,13-14H,3,5,10,12,15-18H2,1-2H3/b7-4-,19-11+. The van der Waals surface area contributed by atoms with Crippen LogP contribution >= 0.6 is 0 Å². The normalized spacial score (nSPS) is 21.3. The Morgan fingerprint density at radius 2 is 2.09 bits per heavy atom. The minimum Gasteiger partial charge on any atom is -0.0988 e. The molecule has 1 aromatic carbocycles. The number of hydrogen-bond acceptors (Lipinski definition) is 0. The van der Waals surface area contributed by atoms with E-state index in [9.17, 15) is 0 Å². The van der Waals surface area contributed by atoms with Crippen molar-refractivity contribution < 1.29 is 0 Å². The van der Waals surface area contributed by atoms with Crippen LogP contribution in [0.1, 0.15) is 63.5 Å². The average Bonchev–Trinajstić information content (AvgIpc) is 2.90. The van der Waals surface area contributed by atoms with Gasteiger partial charge in [0.15, 0.2) is 0 Å². The van der Waals surface area contributed by atoms with E-state index in [1.807, 2.05) is 6.08 Å². The van der Waals surface area contributed by atoms with Crippen molar-refractivity contribution in [3.63, 3.8) is 0 Å². The van der Waals surface area contributed by atoms with Crippen molar-refractivity contribution in [3.05, 3.63) is 71.8 Å². The van der Waals surface area contributed by atoms with Crippen LogP contribution in [-0.2, 0) is 11.8 Å². The zero-order valence-electron chi connectivity index (χ0n) is 14.3. The van der Waals surface area contributed by atoms with Crippen LogP contribution in [0.25, 0.3) is 0 Å². The summed E-state index contributed by atoms with van der Waals surface area (Å²) in [4.78, 5) is 0. The first-order valence-corrected chi connectivity index (χ1v) is 8.78. The van der Waals surface area contributed by atoms with Gasteiger partial charge in [0, 0.05) is 0 Å². The highest BCUT2D eigenvalue weighted by molar-refractivity contribution is 5.39. The highest BCUT2D eigenvalue weighted by Crippen LogP contribution is 2.46. The van der Waals surface area contributed by atoms with E-state index in [2.05, 4.69) is 62.9 Å². The Morgan fingerprint density at radius 3 is 2.82 bits per heavy atom. The van der Waals surface area contributed by atoms with Crippen molar-refractivity contribution in [1.29, 1.82) is 0 Å². The third-order valence-corrected chi connectivity index (χ3v) is 5.08. The fourth-order valence-electron chi connectivity index (χ4n) is 3.99. The number of allylic oxidation sites excluding steroid dienone is 5. The molecule has 2 rings (SSSR count). The Bertz CT molecular complexity index is 543. The molecular weight excluding hydrogens is 264 g/mol. The van der Waals surface area contributed by atoms with Gasteiger partial charge in [0.05, 0.1) is 0 Å². The van der Waals surface area contributed by atoms with Gasteiger partial charge in [-0.1, -0.05) is 68.5 Å². The highest BCUT2D eigenvalue weighted by atomic mass is 14.4. The van der Waals surface area contributed by atoms with Crippen molar-refractivity contribution >= 4 is 0 Å². The van der Waals surface area contributed by atoms with Crippen molar-refractivity contribution in [1.82, 2.24) is 0 Å². The van der Waals surface area contributed by atoms with E-state index < -0.39 is 0 Å². The zero-order chi connectivity index (χ0) is 15.8. The van der Waals surface area contributed by atoms with Crippen LogP contribution in [0.3, 0.4) is 0 Å². The molecule has 0 fully saturated rings. The molecule has 0 N–H and O–H groups in total. The number of benzene rings is 1. The molecule has 0 aliphatic heterocycles. The van der Waals surface area contributed by atoms with E-state index >= 15 is 0 Å². The van der Waals surface area contributed by atoms with Gasteiger partial charge in [-0.3, -0.25) is 0 Å². The van der Waals surface area contributed by atoms with Crippen LogP contribution < -0.4 is 0 Å². The summed E-state index contributed by atoms with van der Waals surface area (Å²) in [7, 11) is 0. The Kier molecular flexibility index (Phi) is 6.24. The van der Waals surface area contributed by atoms with Crippen molar-refractivity contribution in [2.24, 2.45) is 0 Å². The predicted molar refractivity (Wildman–Crippen MR) is 98.3 cm³/mol. The second-order valence-electron chi connectivity index (χ2n) is 6.51. The first-order chi connectivity index (χ1) is 10.8. The topological polar surface area (TPSA) is 0 Å². The maximum atomic E-state index is 3.95. The molecule has 0 saturated heterocycles. The number of hydrogen-bond donors (Lipinski definition) is 0. The maximum absolute atomic E-state index is 3.95.